The first-order chi connectivity index (χ1) is 9.04. The molecular formula is C13H8F2N2OS. The van der Waals surface area contributed by atoms with Gasteiger partial charge in [0.05, 0.1) is 5.56 Å². The molecule has 6 heteroatoms. The molecule has 0 fully saturated rings. The number of hydrogen-bond donors (Lipinski definition) is 1. The second kappa shape index (κ2) is 5.16. The lowest BCUT2D eigenvalue weighted by atomic mass is 10.1. The lowest BCUT2D eigenvalue weighted by Gasteiger charge is -2.05. The summed E-state index contributed by atoms with van der Waals surface area (Å²) in [5.74, 6) is -2.61. The van der Waals surface area contributed by atoms with E-state index in [2.05, 4.69) is 4.98 Å². The monoisotopic (exact) mass is 278 g/mol. The van der Waals surface area contributed by atoms with Crippen molar-refractivity contribution in [3.05, 3.63) is 51.5 Å². The van der Waals surface area contributed by atoms with Gasteiger partial charge in [0, 0.05) is 11.1 Å². The average Bonchev–Trinajstić information content (AvgIpc) is 2.76. The molecule has 1 N–H and O–H groups in total. The van der Waals surface area contributed by atoms with E-state index in [0.29, 0.717) is 5.69 Å². The molecule has 0 unspecified atom stereocenters. The first kappa shape index (κ1) is 13.2. The van der Waals surface area contributed by atoms with Crippen molar-refractivity contribution in [2.75, 3.05) is 0 Å². The van der Waals surface area contributed by atoms with E-state index in [-0.39, 0.29) is 10.6 Å². The van der Waals surface area contributed by atoms with E-state index >= 15 is 0 Å². The Morgan fingerprint density at radius 2 is 2.00 bits per heavy atom. The summed E-state index contributed by atoms with van der Waals surface area (Å²) < 4.78 is 27.1. The number of thiazole rings is 1. The molecule has 0 aliphatic rings. The predicted octanol–water partition coefficient (Wildman–Crippen LogP) is 3.68. The molecule has 1 aromatic heterocycles. The van der Waals surface area contributed by atoms with Crippen molar-refractivity contribution < 1.29 is 13.9 Å². The van der Waals surface area contributed by atoms with Gasteiger partial charge in [-0.1, -0.05) is 6.07 Å². The maximum Gasteiger partial charge on any atom is 0.149 e. The molecule has 0 saturated heterocycles. The Labute approximate surface area is 112 Å². The lowest BCUT2D eigenvalue weighted by molar-refractivity contribution is 0.490. The number of aryl methyl sites for hydroxylation is 1. The predicted molar refractivity (Wildman–Crippen MR) is 68.3 cm³/mol. The van der Waals surface area contributed by atoms with Crippen molar-refractivity contribution in [2.24, 2.45) is 0 Å². The van der Waals surface area contributed by atoms with Crippen LogP contribution in [0.3, 0.4) is 0 Å². The summed E-state index contributed by atoms with van der Waals surface area (Å²) >= 11 is 1.12. The topological polar surface area (TPSA) is 56.9 Å². The fourth-order valence-electron chi connectivity index (χ4n) is 1.52. The number of allylic oxidation sites excluding steroid dienone is 1. The van der Waals surface area contributed by atoms with E-state index in [0.717, 1.165) is 23.5 Å². The maximum atomic E-state index is 13.6. The quantitative estimate of drug-likeness (QED) is 0.673. The maximum absolute atomic E-state index is 13.6. The van der Waals surface area contributed by atoms with Crippen molar-refractivity contribution in [1.29, 1.82) is 5.26 Å². The second-order valence-electron chi connectivity index (χ2n) is 3.73. The first-order valence-electron chi connectivity index (χ1n) is 5.24. The number of nitrogens with zero attached hydrogens (tertiary/aromatic N) is 2. The molecule has 1 heterocycles. The minimum Gasteiger partial charge on any atom is -0.506 e. The summed E-state index contributed by atoms with van der Waals surface area (Å²) in [6, 6.07) is 4.93. The zero-order valence-corrected chi connectivity index (χ0v) is 10.6. The summed E-state index contributed by atoms with van der Waals surface area (Å²) in [6.07, 6.45) is 0. The third-order valence-electron chi connectivity index (χ3n) is 2.38. The smallest absolute Gasteiger partial charge is 0.149 e. The number of halogens is 2. The average molecular weight is 278 g/mol. The fourth-order valence-corrected chi connectivity index (χ4v) is 2.31. The van der Waals surface area contributed by atoms with E-state index in [1.54, 1.807) is 18.4 Å². The molecule has 19 heavy (non-hydrogen) atoms. The summed E-state index contributed by atoms with van der Waals surface area (Å²) in [5.41, 5.74) is -0.205. The second-order valence-corrected chi connectivity index (χ2v) is 4.58. The van der Waals surface area contributed by atoms with E-state index < -0.39 is 23.0 Å². The zero-order chi connectivity index (χ0) is 14.0. The van der Waals surface area contributed by atoms with Crippen LogP contribution in [0.15, 0.2) is 23.6 Å². The highest BCUT2D eigenvalue weighted by Gasteiger charge is 2.19. The van der Waals surface area contributed by atoms with Gasteiger partial charge in [-0.25, -0.2) is 13.8 Å². The Morgan fingerprint density at radius 1 is 1.37 bits per heavy atom. The third-order valence-corrected chi connectivity index (χ3v) is 3.36. The number of aromatic nitrogens is 1. The van der Waals surface area contributed by atoms with E-state index in [4.69, 9.17) is 5.26 Å². The van der Waals surface area contributed by atoms with Gasteiger partial charge in [0.15, 0.2) is 0 Å². The number of rotatable bonds is 2. The van der Waals surface area contributed by atoms with Crippen molar-refractivity contribution in [1.82, 2.24) is 4.98 Å². The van der Waals surface area contributed by atoms with Crippen LogP contribution in [0, 0.1) is 29.9 Å². The normalized spacial score (nSPS) is 11.9. The summed E-state index contributed by atoms with van der Waals surface area (Å²) in [6.45, 7) is 1.72. The van der Waals surface area contributed by atoms with Crippen molar-refractivity contribution in [2.45, 2.75) is 6.92 Å². The minimum atomic E-state index is -0.932. The Kier molecular flexibility index (Phi) is 3.58. The van der Waals surface area contributed by atoms with Gasteiger partial charge < -0.3 is 5.11 Å². The molecule has 1 aromatic carbocycles. The molecule has 0 saturated carbocycles. The van der Waals surface area contributed by atoms with Gasteiger partial charge in [-0.2, -0.15) is 5.26 Å². The molecule has 0 atom stereocenters. The number of benzene rings is 1. The van der Waals surface area contributed by atoms with Crippen LogP contribution < -0.4 is 0 Å². The Hall–Kier alpha value is -2.26. The van der Waals surface area contributed by atoms with E-state index in [1.807, 2.05) is 0 Å². The van der Waals surface area contributed by atoms with Gasteiger partial charge in [0.2, 0.25) is 0 Å². The van der Waals surface area contributed by atoms with Crippen molar-refractivity contribution in [3.8, 4) is 6.07 Å². The lowest BCUT2D eigenvalue weighted by Crippen LogP contribution is -1.97. The van der Waals surface area contributed by atoms with E-state index in [1.165, 1.54) is 6.07 Å². The third kappa shape index (κ3) is 2.46. The summed E-state index contributed by atoms with van der Waals surface area (Å²) in [7, 11) is 0. The van der Waals surface area contributed by atoms with Crippen LogP contribution in [0.1, 0.15) is 16.3 Å². The molecule has 0 amide bonds. The standard InChI is InChI=1S/C13H8F2N2OS/c1-7-6-19-13(17-7)8(5-16)12(18)11-9(14)3-2-4-10(11)15/h2-4,6,18H,1H3/b12-8-. The number of aliphatic hydroxyl groups is 1. The number of aliphatic hydroxyl groups excluding tert-OH is 1. The van der Waals surface area contributed by atoms with Crippen molar-refractivity contribution >= 4 is 22.7 Å². The Bertz CT molecular complexity index is 681. The first-order valence-corrected chi connectivity index (χ1v) is 6.12. The zero-order valence-electron chi connectivity index (χ0n) is 9.82. The summed E-state index contributed by atoms with van der Waals surface area (Å²) in [4.78, 5) is 4.02. The molecular weight excluding hydrogens is 270 g/mol. The van der Waals surface area contributed by atoms with Gasteiger partial charge in [-0.05, 0) is 19.1 Å². The molecule has 0 aliphatic heterocycles. The van der Waals surface area contributed by atoms with Crippen LogP contribution in [0.25, 0.3) is 11.3 Å². The van der Waals surface area contributed by atoms with Gasteiger partial charge in [0.25, 0.3) is 0 Å². The molecule has 0 bridgehead atoms. The fraction of sp³-hybridized carbons (Fsp3) is 0.0769. The van der Waals surface area contributed by atoms with Crippen LogP contribution in [0.5, 0.6) is 0 Å². The van der Waals surface area contributed by atoms with E-state index in [9.17, 15) is 13.9 Å². The SMILES string of the molecule is Cc1csc(/C(C#N)=C(\O)c2c(F)cccc2F)n1. The molecule has 2 aromatic rings. The highest BCUT2D eigenvalue weighted by atomic mass is 32.1. The van der Waals surface area contributed by atoms with Crippen LogP contribution >= 0.6 is 11.3 Å². The highest BCUT2D eigenvalue weighted by Crippen LogP contribution is 2.29. The molecule has 0 aliphatic carbocycles. The van der Waals surface area contributed by atoms with Gasteiger partial charge in [0.1, 0.15) is 34.0 Å². The number of hydrogen-bond acceptors (Lipinski definition) is 4. The summed E-state index contributed by atoms with van der Waals surface area (Å²) in [5, 5.41) is 20.9. The van der Waals surface area contributed by atoms with Gasteiger partial charge in [-0.15, -0.1) is 11.3 Å². The van der Waals surface area contributed by atoms with Gasteiger partial charge in [-0.3, -0.25) is 0 Å². The molecule has 3 nitrogen and oxygen atoms in total. The minimum absolute atomic E-state index is 0.222. The molecule has 96 valence electrons. The van der Waals surface area contributed by atoms with Gasteiger partial charge >= 0.3 is 0 Å². The molecule has 0 spiro atoms. The van der Waals surface area contributed by atoms with Crippen LogP contribution in [-0.2, 0) is 0 Å². The largest absolute Gasteiger partial charge is 0.506 e. The van der Waals surface area contributed by atoms with Crippen LogP contribution in [0.4, 0.5) is 8.78 Å². The Balaban J connectivity index is 2.66. The molecule has 2 rings (SSSR count). The molecule has 0 radical (unpaired) electrons. The highest BCUT2D eigenvalue weighted by molar-refractivity contribution is 7.11. The van der Waals surface area contributed by atoms with Crippen molar-refractivity contribution in [3.63, 3.8) is 0 Å². The van der Waals surface area contributed by atoms with Crippen LogP contribution in [-0.4, -0.2) is 10.1 Å². The Morgan fingerprint density at radius 3 is 2.47 bits per heavy atom. The number of nitriles is 1. The van der Waals surface area contributed by atoms with Crippen LogP contribution in [0.2, 0.25) is 0 Å².